The minimum Gasteiger partial charge on any atom is -0.391 e. The zero-order chi connectivity index (χ0) is 18.9. The first kappa shape index (κ1) is 19.1. The smallest absolute Gasteiger partial charge is 0.0703 e. The summed E-state index contributed by atoms with van der Waals surface area (Å²) in [5.74, 6) is 0. The van der Waals surface area contributed by atoms with Gasteiger partial charge in [0.15, 0.2) is 0 Å². The van der Waals surface area contributed by atoms with Gasteiger partial charge in [-0.1, -0.05) is 103 Å². The molecule has 0 amide bonds. The molecule has 27 heavy (non-hydrogen) atoms. The molecule has 2 atom stereocenters. The molecule has 2 nitrogen and oxygen atoms in total. The van der Waals surface area contributed by atoms with E-state index in [0.717, 1.165) is 18.7 Å². The molecule has 3 aromatic carbocycles. The van der Waals surface area contributed by atoms with Gasteiger partial charge < -0.3 is 5.11 Å². The Morgan fingerprint density at radius 3 is 1.63 bits per heavy atom. The van der Waals surface area contributed by atoms with Gasteiger partial charge in [-0.25, -0.2) is 0 Å². The van der Waals surface area contributed by atoms with Gasteiger partial charge in [0, 0.05) is 13.1 Å². The molecule has 0 radical (unpaired) electrons. The Balaban J connectivity index is 1.86. The van der Waals surface area contributed by atoms with E-state index < -0.39 is 6.10 Å². The van der Waals surface area contributed by atoms with E-state index in [1.165, 1.54) is 11.1 Å². The number of aliphatic hydroxyl groups is 1. The molecule has 2 heteroatoms. The lowest BCUT2D eigenvalue weighted by Crippen LogP contribution is -2.40. The number of benzene rings is 3. The maximum Gasteiger partial charge on any atom is 0.0703 e. The van der Waals surface area contributed by atoms with E-state index in [1.54, 1.807) is 0 Å². The van der Waals surface area contributed by atoms with Gasteiger partial charge in [0.05, 0.1) is 12.1 Å². The van der Waals surface area contributed by atoms with Crippen molar-refractivity contribution in [1.82, 2.24) is 4.90 Å². The Kier molecular flexibility index (Phi) is 6.97. The van der Waals surface area contributed by atoms with Crippen molar-refractivity contribution in [3.05, 3.63) is 114 Å². The fraction of sp³-hybridized carbons (Fsp3) is 0.200. The molecule has 0 heterocycles. The second-order valence-corrected chi connectivity index (χ2v) is 6.88. The first-order chi connectivity index (χ1) is 13.2. The average Bonchev–Trinajstić information content (AvgIpc) is 2.70. The van der Waals surface area contributed by atoms with Crippen LogP contribution in [0.3, 0.4) is 0 Å². The summed E-state index contributed by atoms with van der Waals surface area (Å²) in [6.07, 6.45) is 3.74. The van der Waals surface area contributed by atoms with Crippen LogP contribution in [-0.4, -0.2) is 22.2 Å². The van der Waals surface area contributed by atoms with Crippen molar-refractivity contribution in [2.24, 2.45) is 0 Å². The largest absolute Gasteiger partial charge is 0.391 e. The maximum absolute atomic E-state index is 10.5. The van der Waals surface area contributed by atoms with Crippen LogP contribution < -0.4 is 0 Å². The fourth-order valence-corrected chi connectivity index (χ4v) is 3.26. The van der Waals surface area contributed by atoms with Gasteiger partial charge in [-0.15, -0.1) is 0 Å². The molecule has 0 aliphatic heterocycles. The number of rotatable bonds is 8. The Bertz CT molecular complexity index is 771. The molecule has 0 spiro atoms. The predicted molar refractivity (Wildman–Crippen MR) is 113 cm³/mol. The Labute approximate surface area is 162 Å². The fourth-order valence-electron chi connectivity index (χ4n) is 3.26. The lowest BCUT2D eigenvalue weighted by atomic mass is 10.0. The van der Waals surface area contributed by atoms with Crippen LogP contribution in [0.5, 0.6) is 0 Å². The Morgan fingerprint density at radius 2 is 1.19 bits per heavy atom. The highest BCUT2D eigenvalue weighted by molar-refractivity contribution is 5.49. The van der Waals surface area contributed by atoms with E-state index in [-0.39, 0.29) is 6.04 Å². The third-order valence-electron chi connectivity index (χ3n) is 4.66. The summed E-state index contributed by atoms with van der Waals surface area (Å²) in [4.78, 5) is 2.33. The number of aliphatic hydroxyl groups excluding tert-OH is 1. The molecule has 0 aromatic heterocycles. The molecule has 0 unspecified atom stereocenters. The SMILES string of the molecule is C[C@H](O)[C@@H](/C=C/c1ccccc1)N(Cc1ccccc1)Cc1ccccc1. The van der Waals surface area contributed by atoms with E-state index in [1.807, 2.05) is 37.3 Å². The van der Waals surface area contributed by atoms with E-state index in [9.17, 15) is 5.11 Å². The third kappa shape index (κ3) is 5.92. The van der Waals surface area contributed by atoms with Crippen LogP contribution in [0.4, 0.5) is 0 Å². The Hall–Kier alpha value is -2.68. The monoisotopic (exact) mass is 357 g/mol. The summed E-state index contributed by atoms with van der Waals surface area (Å²) in [5, 5.41) is 10.5. The van der Waals surface area contributed by atoms with Crippen molar-refractivity contribution in [3.8, 4) is 0 Å². The number of hydrogen-bond acceptors (Lipinski definition) is 2. The summed E-state index contributed by atoms with van der Waals surface area (Å²) in [7, 11) is 0. The summed E-state index contributed by atoms with van der Waals surface area (Å²) in [6.45, 7) is 3.43. The molecule has 0 aliphatic carbocycles. The molecular weight excluding hydrogens is 330 g/mol. The summed E-state index contributed by atoms with van der Waals surface area (Å²) >= 11 is 0. The van der Waals surface area contributed by atoms with Gasteiger partial charge in [0.1, 0.15) is 0 Å². The molecule has 0 saturated heterocycles. The predicted octanol–water partition coefficient (Wildman–Crippen LogP) is 5.15. The van der Waals surface area contributed by atoms with Crippen LogP contribution in [0.1, 0.15) is 23.6 Å². The van der Waals surface area contributed by atoms with Crippen molar-refractivity contribution < 1.29 is 5.11 Å². The first-order valence-electron chi connectivity index (χ1n) is 9.45. The van der Waals surface area contributed by atoms with E-state index in [2.05, 4.69) is 77.7 Å². The highest BCUT2D eigenvalue weighted by atomic mass is 16.3. The van der Waals surface area contributed by atoms with Crippen molar-refractivity contribution in [3.63, 3.8) is 0 Å². The van der Waals surface area contributed by atoms with Crippen LogP contribution in [0.25, 0.3) is 6.08 Å². The third-order valence-corrected chi connectivity index (χ3v) is 4.66. The summed E-state index contributed by atoms with van der Waals surface area (Å²) < 4.78 is 0. The van der Waals surface area contributed by atoms with Gasteiger partial charge in [0.2, 0.25) is 0 Å². The average molecular weight is 357 g/mol. The summed E-state index contributed by atoms with van der Waals surface area (Å²) in [6, 6.07) is 31.0. The van der Waals surface area contributed by atoms with E-state index in [4.69, 9.17) is 0 Å². The molecule has 0 aliphatic rings. The minimum atomic E-state index is -0.475. The highest BCUT2D eigenvalue weighted by Gasteiger charge is 2.21. The summed E-state index contributed by atoms with van der Waals surface area (Å²) in [5.41, 5.74) is 3.63. The van der Waals surface area contributed by atoms with Crippen LogP contribution in [0, 0.1) is 0 Å². The molecule has 0 bridgehead atoms. The molecule has 3 rings (SSSR count). The normalized spacial score (nSPS) is 13.7. The number of hydrogen-bond donors (Lipinski definition) is 1. The zero-order valence-electron chi connectivity index (χ0n) is 15.8. The topological polar surface area (TPSA) is 23.5 Å². The van der Waals surface area contributed by atoms with E-state index in [0.29, 0.717) is 0 Å². The maximum atomic E-state index is 10.5. The molecule has 3 aromatic rings. The van der Waals surface area contributed by atoms with Crippen LogP contribution in [-0.2, 0) is 13.1 Å². The standard InChI is InChI=1S/C25H27NO/c1-21(27)25(18-17-22-11-5-2-6-12-22)26(19-23-13-7-3-8-14-23)20-24-15-9-4-10-16-24/h2-18,21,25,27H,19-20H2,1H3/b18-17+/t21-,25+/m0/s1. The van der Waals surface area contributed by atoms with Crippen molar-refractivity contribution in [2.75, 3.05) is 0 Å². The van der Waals surface area contributed by atoms with Crippen LogP contribution >= 0.6 is 0 Å². The molecule has 0 fully saturated rings. The molecule has 138 valence electrons. The van der Waals surface area contributed by atoms with Gasteiger partial charge in [-0.05, 0) is 23.6 Å². The van der Waals surface area contributed by atoms with E-state index >= 15 is 0 Å². The Morgan fingerprint density at radius 1 is 0.741 bits per heavy atom. The van der Waals surface area contributed by atoms with Gasteiger partial charge in [-0.3, -0.25) is 4.90 Å². The van der Waals surface area contributed by atoms with Crippen LogP contribution in [0.2, 0.25) is 0 Å². The highest BCUT2D eigenvalue weighted by Crippen LogP contribution is 2.18. The zero-order valence-corrected chi connectivity index (χ0v) is 15.8. The first-order valence-corrected chi connectivity index (χ1v) is 9.45. The molecule has 0 saturated carbocycles. The van der Waals surface area contributed by atoms with Crippen LogP contribution in [0.15, 0.2) is 97.1 Å². The van der Waals surface area contributed by atoms with Crippen molar-refractivity contribution in [2.45, 2.75) is 32.2 Å². The molecule has 1 N–H and O–H groups in total. The molecular formula is C25H27NO. The quantitative estimate of drug-likeness (QED) is 0.602. The van der Waals surface area contributed by atoms with Gasteiger partial charge >= 0.3 is 0 Å². The number of nitrogens with zero attached hydrogens (tertiary/aromatic N) is 1. The second kappa shape index (κ2) is 9.86. The second-order valence-electron chi connectivity index (χ2n) is 6.88. The lowest BCUT2D eigenvalue weighted by molar-refractivity contribution is 0.0770. The van der Waals surface area contributed by atoms with Crippen molar-refractivity contribution in [1.29, 1.82) is 0 Å². The lowest BCUT2D eigenvalue weighted by Gasteiger charge is -2.32. The van der Waals surface area contributed by atoms with Crippen molar-refractivity contribution >= 4 is 6.08 Å². The minimum absolute atomic E-state index is 0.0781. The van der Waals surface area contributed by atoms with Gasteiger partial charge in [-0.2, -0.15) is 0 Å². The van der Waals surface area contributed by atoms with Gasteiger partial charge in [0.25, 0.3) is 0 Å².